The summed E-state index contributed by atoms with van der Waals surface area (Å²) in [6.45, 7) is 4.75. The van der Waals surface area contributed by atoms with Crippen LogP contribution in [0.2, 0.25) is 0 Å². The number of ether oxygens (including phenoxy) is 2. The number of carbonyl (C=O) groups is 1. The molecule has 1 aliphatic heterocycles. The molecule has 1 aliphatic rings. The first-order valence-corrected chi connectivity index (χ1v) is 8.39. The van der Waals surface area contributed by atoms with Crippen LogP contribution >= 0.6 is 15.9 Å². The molecule has 1 aromatic carbocycles. The number of amides is 1. The van der Waals surface area contributed by atoms with E-state index in [9.17, 15) is 4.79 Å². The van der Waals surface area contributed by atoms with E-state index in [1.807, 2.05) is 11.8 Å². The van der Waals surface area contributed by atoms with Gasteiger partial charge in [0, 0.05) is 18.7 Å². The van der Waals surface area contributed by atoms with E-state index in [0.717, 1.165) is 30.4 Å². The Bertz CT molecular complexity index is 536. The Morgan fingerprint density at radius 3 is 2.86 bits per heavy atom. The number of benzene rings is 1. The van der Waals surface area contributed by atoms with Gasteiger partial charge in [-0.25, -0.2) is 0 Å². The molecule has 2 N–H and O–H groups in total. The molecular formula is C16H23BrN2O3. The van der Waals surface area contributed by atoms with Crippen molar-refractivity contribution in [1.82, 2.24) is 4.90 Å². The number of halogens is 1. The Kier molecular flexibility index (Phi) is 6.08. The zero-order valence-corrected chi connectivity index (χ0v) is 14.7. The summed E-state index contributed by atoms with van der Waals surface area (Å²) in [7, 11) is 1.58. The van der Waals surface area contributed by atoms with Crippen molar-refractivity contribution in [1.29, 1.82) is 0 Å². The summed E-state index contributed by atoms with van der Waals surface area (Å²) in [5.74, 6) is 1.63. The molecule has 1 atom stereocenters. The van der Waals surface area contributed by atoms with Crippen LogP contribution < -0.4 is 15.2 Å². The Labute approximate surface area is 139 Å². The maximum absolute atomic E-state index is 12.6. The van der Waals surface area contributed by atoms with Crippen molar-refractivity contribution in [3.63, 3.8) is 0 Å². The van der Waals surface area contributed by atoms with Crippen LogP contribution in [0.4, 0.5) is 0 Å². The van der Waals surface area contributed by atoms with Crippen molar-refractivity contribution in [2.45, 2.75) is 19.8 Å². The summed E-state index contributed by atoms with van der Waals surface area (Å²) in [5, 5.41) is 0. The van der Waals surface area contributed by atoms with Crippen LogP contribution in [0.25, 0.3) is 0 Å². The second kappa shape index (κ2) is 7.83. The Balaban J connectivity index is 2.21. The fourth-order valence-electron chi connectivity index (χ4n) is 2.58. The first kappa shape index (κ1) is 17.1. The molecule has 1 saturated heterocycles. The first-order chi connectivity index (χ1) is 10.6. The van der Waals surface area contributed by atoms with Crippen molar-refractivity contribution in [2.75, 3.05) is 33.4 Å². The van der Waals surface area contributed by atoms with Crippen molar-refractivity contribution in [3.05, 3.63) is 22.2 Å². The Hall–Kier alpha value is -1.27. The molecule has 1 amide bonds. The Morgan fingerprint density at radius 2 is 2.27 bits per heavy atom. The van der Waals surface area contributed by atoms with Gasteiger partial charge in [0.25, 0.3) is 5.91 Å². The fourth-order valence-corrected chi connectivity index (χ4v) is 3.14. The molecule has 0 unspecified atom stereocenters. The molecular weight excluding hydrogens is 348 g/mol. The molecule has 0 aliphatic carbocycles. The lowest BCUT2D eigenvalue weighted by Crippen LogP contribution is -2.29. The van der Waals surface area contributed by atoms with Crippen LogP contribution in [0.1, 0.15) is 30.1 Å². The maximum Gasteiger partial charge on any atom is 0.254 e. The lowest BCUT2D eigenvalue weighted by atomic mass is 10.1. The second-order valence-electron chi connectivity index (χ2n) is 5.48. The predicted octanol–water partition coefficient (Wildman–Crippen LogP) is 2.67. The van der Waals surface area contributed by atoms with E-state index in [2.05, 4.69) is 15.9 Å². The number of hydrogen-bond donors (Lipinski definition) is 1. The molecule has 6 heteroatoms. The fraction of sp³-hybridized carbons (Fsp3) is 0.562. The Morgan fingerprint density at radius 1 is 1.50 bits per heavy atom. The quantitative estimate of drug-likeness (QED) is 0.835. The predicted molar refractivity (Wildman–Crippen MR) is 89.5 cm³/mol. The van der Waals surface area contributed by atoms with E-state index >= 15 is 0 Å². The molecule has 2 rings (SSSR count). The second-order valence-corrected chi connectivity index (χ2v) is 6.33. The SMILES string of the molecule is CCCOc1c(Br)cc(C(=O)N2CC[C@H](CN)C2)cc1OC. The van der Waals surface area contributed by atoms with Crippen LogP contribution in [-0.4, -0.2) is 44.2 Å². The largest absolute Gasteiger partial charge is 0.493 e. The van der Waals surface area contributed by atoms with Crippen molar-refractivity contribution in [3.8, 4) is 11.5 Å². The number of likely N-dealkylation sites (tertiary alicyclic amines) is 1. The zero-order chi connectivity index (χ0) is 16.1. The van der Waals surface area contributed by atoms with Crippen LogP contribution in [0, 0.1) is 5.92 Å². The summed E-state index contributed by atoms with van der Waals surface area (Å²) in [6, 6.07) is 3.54. The highest BCUT2D eigenvalue weighted by atomic mass is 79.9. The number of rotatable bonds is 6. The van der Waals surface area contributed by atoms with Gasteiger partial charge in [-0.2, -0.15) is 0 Å². The molecule has 0 saturated carbocycles. The third-order valence-electron chi connectivity index (χ3n) is 3.83. The number of carbonyl (C=O) groups excluding carboxylic acids is 1. The summed E-state index contributed by atoms with van der Waals surface area (Å²) in [4.78, 5) is 14.5. The van der Waals surface area contributed by atoms with E-state index in [0.29, 0.717) is 36.1 Å². The summed E-state index contributed by atoms with van der Waals surface area (Å²) in [6.07, 6.45) is 1.88. The van der Waals surface area contributed by atoms with Gasteiger partial charge in [-0.05, 0) is 53.4 Å². The lowest BCUT2D eigenvalue weighted by Gasteiger charge is -2.18. The van der Waals surface area contributed by atoms with Crippen LogP contribution in [0.5, 0.6) is 11.5 Å². The molecule has 1 fully saturated rings. The smallest absolute Gasteiger partial charge is 0.254 e. The first-order valence-electron chi connectivity index (χ1n) is 7.60. The van der Waals surface area contributed by atoms with Crippen molar-refractivity contribution in [2.24, 2.45) is 11.7 Å². The molecule has 5 nitrogen and oxygen atoms in total. The molecule has 22 heavy (non-hydrogen) atoms. The van der Waals surface area contributed by atoms with E-state index in [4.69, 9.17) is 15.2 Å². The van der Waals surface area contributed by atoms with E-state index in [-0.39, 0.29) is 5.91 Å². The molecule has 0 spiro atoms. The van der Waals surface area contributed by atoms with Gasteiger partial charge in [-0.1, -0.05) is 6.92 Å². The van der Waals surface area contributed by atoms with Gasteiger partial charge in [0.1, 0.15) is 0 Å². The molecule has 1 aromatic rings. The van der Waals surface area contributed by atoms with Gasteiger partial charge in [0.05, 0.1) is 18.2 Å². The monoisotopic (exact) mass is 370 g/mol. The normalized spacial score (nSPS) is 17.6. The van der Waals surface area contributed by atoms with Crippen molar-refractivity contribution >= 4 is 21.8 Å². The number of hydrogen-bond acceptors (Lipinski definition) is 4. The number of methoxy groups -OCH3 is 1. The van der Waals surface area contributed by atoms with Crippen LogP contribution in [0.3, 0.4) is 0 Å². The molecule has 0 aromatic heterocycles. The molecule has 1 heterocycles. The highest BCUT2D eigenvalue weighted by Gasteiger charge is 2.27. The topological polar surface area (TPSA) is 64.8 Å². The van der Waals surface area contributed by atoms with Gasteiger partial charge >= 0.3 is 0 Å². The average molecular weight is 371 g/mol. The number of nitrogens with two attached hydrogens (primary N) is 1. The minimum absolute atomic E-state index is 0.0111. The highest BCUT2D eigenvalue weighted by molar-refractivity contribution is 9.10. The summed E-state index contributed by atoms with van der Waals surface area (Å²) < 4.78 is 11.8. The number of nitrogens with zero attached hydrogens (tertiary/aromatic N) is 1. The standard InChI is InChI=1S/C16H23BrN2O3/c1-3-6-22-15-13(17)7-12(8-14(15)21-2)16(20)19-5-4-11(9-18)10-19/h7-8,11H,3-6,9-10,18H2,1-2H3/t11-/m1/s1. The van der Waals surface area contributed by atoms with Gasteiger partial charge < -0.3 is 20.1 Å². The highest BCUT2D eigenvalue weighted by Crippen LogP contribution is 2.37. The lowest BCUT2D eigenvalue weighted by molar-refractivity contribution is 0.0787. The average Bonchev–Trinajstić information content (AvgIpc) is 3.01. The van der Waals surface area contributed by atoms with Crippen molar-refractivity contribution < 1.29 is 14.3 Å². The molecule has 122 valence electrons. The molecule has 0 bridgehead atoms. The minimum Gasteiger partial charge on any atom is -0.493 e. The zero-order valence-electron chi connectivity index (χ0n) is 13.1. The summed E-state index contributed by atoms with van der Waals surface area (Å²) in [5.41, 5.74) is 6.29. The third kappa shape index (κ3) is 3.73. The van der Waals surface area contributed by atoms with Gasteiger partial charge in [-0.15, -0.1) is 0 Å². The van der Waals surface area contributed by atoms with E-state index in [1.165, 1.54) is 0 Å². The van der Waals surface area contributed by atoms with E-state index < -0.39 is 0 Å². The van der Waals surface area contributed by atoms with Gasteiger partial charge in [0.2, 0.25) is 0 Å². The van der Waals surface area contributed by atoms with E-state index in [1.54, 1.807) is 19.2 Å². The summed E-state index contributed by atoms with van der Waals surface area (Å²) >= 11 is 3.48. The molecule has 0 radical (unpaired) electrons. The van der Waals surface area contributed by atoms with Crippen LogP contribution in [0.15, 0.2) is 16.6 Å². The van der Waals surface area contributed by atoms with Gasteiger partial charge in [0.15, 0.2) is 11.5 Å². The maximum atomic E-state index is 12.6. The van der Waals surface area contributed by atoms with Gasteiger partial charge in [-0.3, -0.25) is 4.79 Å². The third-order valence-corrected chi connectivity index (χ3v) is 4.42. The van der Waals surface area contributed by atoms with Crippen LogP contribution in [-0.2, 0) is 0 Å². The minimum atomic E-state index is 0.0111.